The van der Waals surface area contributed by atoms with E-state index in [9.17, 15) is 0 Å². The number of nitrogens with zero attached hydrogens (tertiary/aromatic N) is 2. The molecule has 5 heteroatoms. The predicted octanol–water partition coefficient (Wildman–Crippen LogP) is 2.29. The second kappa shape index (κ2) is 5.31. The maximum atomic E-state index is 4.43. The normalized spacial score (nSPS) is 23.6. The Balaban J connectivity index is 1.88. The highest BCUT2D eigenvalue weighted by molar-refractivity contribution is 7.09. The van der Waals surface area contributed by atoms with E-state index in [-0.39, 0.29) is 0 Å². The van der Waals surface area contributed by atoms with Crippen molar-refractivity contribution in [3.8, 4) is 0 Å². The van der Waals surface area contributed by atoms with E-state index in [0.717, 1.165) is 30.5 Å². The van der Waals surface area contributed by atoms with Gasteiger partial charge in [-0.3, -0.25) is 0 Å². The second-order valence-corrected chi connectivity index (χ2v) is 6.10. The lowest BCUT2D eigenvalue weighted by molar-refractivity contribution is 0.188. The standard InChI is InChI=1S/C12H22N4S/c1-4-10-15-11(17-16-10)14-8-9-12(2,3)6-5-7-13-9/h9,13H,4-8H2,1-3H3,(H,14,15,16). The topological polar surface area (TPSA) is 49.8 Å². The highest BCUT2D eigenvalue weighted by Crippen LogP contribution is 2.30. The smallest absolute Gasteiger partial charge is 0.202 e. The number of nitrogens with one attached hydrogen (secondary N) is 2. The number of anilines is 1. The number of rotatable bonds is 4. The first-order chi connectivity index (χ1) is 8.12. The molecule has 1 atom stereocenters. The van der Waals surface area contributed by atoms with Crippen molar-refractivity contribution >= 4 is 16.7 Å². The van der Waals surface area contributed by atoms with Crippen LogP contribution in [-0.4, -0.2) is 28.5 Å². The summed E-state index contributed by atoms with van der Waals surface area (Å²) in [7, 11) is 0. The molecule has 1 aromatic rings. The monoisotopic (exact) mass is 254 g/mol. The summed E-state index contributed by atoms with van der Waals surface area (Å²) in [6, 6.07) is 0.519. The Bertz CT molecular complexity index is 361. The van der Waals surface area contributed by atoms with Crippen LogP contribution in [0.4, 0.5) is 5.13 Å². The van der Waals surface area contributed by atoms with Gasteiger partial charge in [-0.15, -0.1) is 0 Å². The molecule has 2 rings (SSSR count). The number of hydrogen-bond acceptors (Lipinski definition) is 5. The zero-order valence-corrected chi connectivity index (χ0v) is 11.7. The third-order valence-corrected chi connectivity index (χ3v) is 4.28. The van der Waals surface area contributed by atoms with Gasteiger partial charge in [0.05, 0.1) is 0 Å². The van der Waals surface area contributed by atoms with Crippen LogP contribution in [-0.2, 0) is 6.42 Å². The van der Waals surface area contributed by atoms with Gasteiger partial charge in [-0.05, 0) is 24.8 Å². The van der Waals surface area contributed by atoms with Crippen LogP contribution < -0.4 is 10.6 Å². The molecule has 1 unspecified atom stereocenters. The Labute approximate surface area is 107 Å². The number of hydrogen-bond donors (Lipinski definition) is 2. The maximum Gasteiger partial charge on any atom is 0.202 e. The minimum atomic E-state index is 0.365. The molecule has 2 N–H and O–H groups in total. The van der Waals surface area contributed by atoms with Gasteiger partial charge in [0, 0.05) is 30.5 Å². The van der Waals surface area contributed by atoms with Crippen molar-refractivity contribution in [3.05, 3.63) is 5.82 Å². The molecule has 0 aliphatic carbocycles. The molecule has 17 heavy (non-hydrogen) atoms. The molecule has 0 aromatic carbocycles. The lowest BCUT2D eigenvalue weighted by Gasteiger charge is -2.39. The third kappa shape index (κ3) is 3.16. The van der Waals surface area contributed by atoms with Crippen molar-refractivity contribution in [2.75, 3.05) is 18.4 Å². The average molecular weight is 254 g/mol. The lowest BCUT2D eigenvalue weighted by atomic mass is 9.77. The summed E-state index contributed by atoms with van der Waals surface area (Å²) in [6.45, 7) is 8.82. The largest absolute Gasteiger partial charge is 0.359 e. The van der Waals surface area contributed by atoms with E-state index in [4.69, 9.17) is 0 Å². The molecule has 1 aliphatic heterocycles. The molecule has 0 amide bonds. The second-order valence-electron chi connectivity index (χ2n) is 5.35. The minimum Gasteiger partial charge on any atom is -0.359 e. The average Bonchev–Trinajstić information content (AvgIpc) is 2.75. The Hall–Kier alpha value is -0.680. The fraction of sp³-hybridized carbons (Fsp3) is 0.833. The molecular weight excluding hydrogens is 232 g/mol. The van der Waals surface area contributed by atoms with E-state index in [1.165, 1.54) is 24.4 Å². The molecule has 1 fully saturated rings. The predicted molar refractivity (Wildman–Crippen MR) is 72.6 cm³/mol. The highest BCUT2D eigenvalue weighted by Gasteiger charge is 2.31. The van der Waals surface area contributed by atoms with E-state index in [1.54, 1.807) is 0 Å². The van der Waals surface area contributed by atoms with Gasteiger partial charge in [-0.1, -0.05) is 20.8 Å². The van der Waals surface area contributed by atoms with E-state index in [0.29, 0.717) is 11.5 Å². The van der Waals surface area contributed by atoms with E-state index < -0.39 is 0 Å². The summed E-state index contributed by atoms with van der Waals surface area (Å²) in [5, 5.41) is 7.95. The van der Waals surface area contributed by atoms with Crippen LogP contribution in [0.15, 0.2) is 0 Å². The van der Waals surface area contributed by atoms with Gasteiger partial charge in [0.15, 0.2) is 0 Å². The van der Waals surface area contributed by atoms with E-state index in [1.807, 2.05) is 0 Å². The SMILES string of the molecule is CCc1nsc(NCC2NCCCC2(C)C)n1. The lowest BCUT2D eigenvalue weighted by Crippen LogP contribution is -2.50. The quantitative estimate of drug-likeness (QED) is 0.865. The van der Waals surface area contributed by atoms with Crippen LogP contribution in [0, 0.1) is 5.41 Å². The van der Waals surface area contributed by atoms with Gasteiger partial charge < -0.3 is 10.6 Å². The van der Waals surface area contributed by atoms with Gasteiger partial charge in [-0.25, -0.2) is 4.98 Å². The van der Waals surface area contributed by atoms with Crippen molar-refractivity contribution < 1.29 is 0 Å². The van der Waals surface area contributed by atoms with Crippen LogP contribution in [0.1, 0.15) is 39.4 Å². The van der Waals surface area contributed by atoms with Crippen LogP contribution in [0.5, 0.6) is 0 Å². The van der Waals surface area contributed by atoms with Crippen LogP contribution in [0.25, 0.3) is 0 Å². The molecular formula is C12H22N4S. The third-order valence-electron chi connectivity index (χ3n) is 3.57. The van der Waals surface area contributed by atoms with Crippen molar-refractivity contribution in [3.63, 3.8) is 0 Å². The number of aryl methyl sites for hydroxylation is 1. The summed E-state index contributed by atoms with van der Waals surface area (Å²) in [4.78, 5) is 4.43. The summed E-state index contributed by atoms with van der Waals surface area (Å²) < 4.78 is 4.28. The van der Waals surface area contributed by atoms with E-state index in [2.05, 4.69) is 40.8 Å². The molecule has 2 heterocycles. The van der Waals surface area contributed by atoms with Gasteiger partial charge in [0.2, 0.25) is 5.13 Å². The molecule has 0 bridgehead atoms. The summed E-state index contributed by atoms with van der Waals surface area (Å²) >= 11 is 1.46. The van der Waals surface area contributed by atoms with Crippen molar-refractivity contribution in [1.29, 1.82) is 0 Å². The fourth-order valence-electron chi connectivity index (χ4n) is 2.28. The Morgan fingerprint density at radius 1 is 1.53 bits per heavy atom. The van der Waals surface area contributed by atoms with Gasteiger partial charge in [0.25, 0.3) is 0 Å². The first kappa shape index (κ1) is 12.8. The molecule has 1 aliphatic rings. The Morgan fingerprint density at radius 3 is 3.00 bits per heavy atom. The van der Waals surface area contributed by atoms with Gasteiger partial charge >= 0.3 is 0 Å². The molecule has 0 saturated carbocycles. The first-order valence-electron chi connectivity index (χ1n) is 6.41. The zero-order chi connectivity index (χ0) is 12.3. The van der Waals surface area contributed by atoms with Gasteiger partial charge in [-0.2, -0.15) is 4.37 Å². The first-order valence-corrected chi connectivity index (χ1v) is 7.19. The highest BCUT2D eigenvalue weighted by atomic mass is 32.1. The summed E-state index contributed by atoms with van der Waals surface area (Å²) in [5.74, 6) is 0.938. The zero-order valence-electron chi connectivity index (χ0n) is 10.9. The Morgan fingerprint density at radius 2 is 2.35 bits per heavy atom. The van der Waals surface area contributed by atoms with Crippen molar-refractivity contribution in [2.24, 2.45) is 5.41 Å². The molecule has 1 saturated heterocycles. The van der Waals surface area contributed by atoms with Crippen LogP contribution >= 0.6 is 11.5 Å². The Kier molecular flexibility index (Phi) is 3.99. The van der Waals surface area contributed by atoms with Crippen molar-refractivity contribution in [1.82, 2.24) is 14.7 Å². The van der Waals surface area contributed by atoms with Crippen LogP contribution in [0.3, 0.4) is 0 Å². The van der Waals surface area contributed by atoms with E-state index >= 15 is 0 Å². The molecule has 1 aromatic heterocycles. The molecule has 0 spiro atoms. The number of piperidine rings is 1. The maximum absolute atomic E-state index is 4.43. The number of aromatic nitrogens is 2. The van der Waals surface area contributed by atoms with Crippen molar-refractivity contribution in [2.45, 2.75) is 46.1 Å². The summed E-state index contributed by atoms with van der Waals surface area (Å²) in [6.07, 6.45) is 3.48. The fourth-order valence-corrected chi connectivity index (χ4v) is 2.93. The molecule has 0 radical (unpaired) electrons. The molecule has 96 valence electrons. The summed E-state index contributed by atoms with van der Waals surface area (Å²) in [5.41, 5.74) is 0.365. The molecule has 4 nitrogen and oxygen atoms in total. The minimum absolute atomic E-state index is 0.365. The van der Waals surface area contributed by atoms with Gasteiger partial charge in [0.1, 0.15) is 5.82 Å². The van der Waals surface area contributed by atoms with Crippen LogP contribution in [0.2, 0.25) is 0 Å².